The van der Waals surface area contributed by atoms with Crippen LogP contribution in [0.4, 0.5) is 4.39 Å². The van der Waals surface area contributed by atoms with E-state index in [2.05, 4.69) is 0 Å². The van der Waals surface area contributed by atoms with E-state index in [1.807, 2.05) is 0 Å². The number of aliphatic carboxylic acids is 1. The topological polar surface area (TPSA) is 83.9 Å². The van der Waals surface area contributed by atoms with Crippen molar-refractivity contribution >= 4 is 16.0 Å². The molecule has 0 bridgehead atoms. The van der Waals surface area contributed by atoms with Gasteiger partial charge in [0.2, 0.25) is 10.0 Å². The number of rotatable bonds is 5. The average molecular weight is 317 g/mol. The summed E-state index contributed by atoms with van der Waals surface area (Å²) in [5.41, 5.74) is 0.689. The van der Waals surface area contributed by atoms with E-state index in [-0.39, 0.29) is 25.5 Å². The first-order chi connectivity index (χ1) is 9.88. The van der Waals surface area contributed by atoms with Crippen LogP contribution in [-0.2, 0) is 19.6 Å². The lowest BCUT2D eigenvalue weighted by Gasteiger charge is -2.32. The SMILES string of the molecule is O=C(O)CCS(=O)(=O)N1CCOC(c2ccc(F)cc2)C1. The Kier molecular flexibility index (Phi) is 4.92. The predicted octanol–water partition coefficient (Wildman–Crippen LogP) is 1.00. The molecule has 1 atom stereocenters. The minimum Gasteiger partial charge on any atom is -0.481 e. The largest absolute Gasteiger partial charge is 0.481 e. The van der Waals surface area contributed by atoms with Crippen LogP contribution in [0.5, 0.6) is 0 Å². The highest BCUT2D eigenvalue weighted by molar-refractivity contribution is 7.89. The number of benzene rings is 1. The van der Waals surface area contributed by atoms with Gasteiger partial charge in [-0.25, -0.2) is 12.8 Å². The van der Waals surface area contributed by atoms with Gasteiger partial charge in [-0.3, -0.25) is 4.79 Å². The summed E-state index contributed by atoms with van der Waals surface area (Å²) in [5, 5.41) is 8.59. The van der Waals surface area contributed by atoms with Gasteiger partial charge in [0, 0.05) is 13.1 Å². The molecule has 8 heteroatoms. The first-order valence-corrected chi connectivity index (χ1v) is 8.06. The Morgan fingerprint density at radius 3 is 2.67 bits per heavy atom. The van der Waals surface area contributed by atoms with Crippen molar-refractivity contribution in [2.45, 2.75) is 12.5 Å². The molecule has 1 heterocycles. The molecule has 1 fully saturated rings. The number of morpholine rings is 1. The van der Waals surface area contributed by atoms with Crippen molar-refractivity contribution in [2.24, 2.45) is 0 Å². The second-order valence-electron chi connectivity index (χ2n) is 4.73. The molecule has 0 aliphatic carbocycles. The average Bonchev–Trinajstić information content (AvgIpc) is 2.46. The number of hydrogen-bond donors (Lipinski definition) is 1. The molecule has 2 rings (SSSR count). The molecule has 0 amide bonds. The third-order valence-electron chi connectivity index (χ3n) is 3.24. The van der Waals surface area contributed by atoms with Crippen LogP contribution in [-0.4, -0.2) is 49.2 Å². The Labute approximate surface area is 122 Å². The molecule has 0 saturated carbocycles. The van der Waals surface area contributed by atoms with Crippen molar-refractivity contribution in [1.82, 2.24) is 4.31 Å². The zero-order chi connectivity index (χ0) is 15.5. The molecule has 116 valence electrons. The Balaban J connectivity index is 2.06. The van der Waals surface area contributed by atoms with Crippen molar-refractivity contribution in [3.8, 4) is 0 Å². The first-order valence-electron chi connectivity index (χ1n) is 6.45. The minimum atomic E-state index is -3.63. The smallest absolute Gasteiger partial charge is 0.304 e. The molecule has 1 aromatic carbocycles. The van der Waals surface area contributed by atoms with E-state index in [9.17, 15) is 17.6 Å². The lowest BCUT2D eigenvalue weighted by molar-refractivity contribution is -0.136. The monoisotopic (exact) mass is 317 g/mol. The number of carbonyl (C=O) groups is 1. The van der Waals surface area contributed by atoms with Gasteiger partial charge in [0.25, 0.3) is 0 Å². The number of sulfonamides is 1. The van der Waals surface area contributed by atoms with E-state index < -0.39 is 34.3 Å². The highest BCUT2D eigenvalue weighted by Gasteiger charge is 2.30. The molecule has 1 unspecified atom stereocenters. The molecule has 0 aromatic heterocycles. The van der Waals surface area contributed by atoms with Crippen LogP contribution < -0.4 is 0 Å². The lowest BCUT2D eigenvalue weighted by atomic mass is 10.1. The van der Waals surface area contributed by atoms with Crippen LogP contribution in [0.2, 0.25) is 0 Å². The number of nitrogens with zero attached hydrogens (tertiary/aromatic N) is 1. The van der Waals surface area contributed by atoms with Gasteiger partial charge in [-0.15, -0.1) is 0 Å². The zero-order valence-electron chi connectivity index (χ0n) is 11.2. The minimum absolute atomic E-state index is 0.105. The van der Waals surface area contributed by atoms with Gasteiger partial charge in [-0.05, 0) is 17.7 Å². The van der Waals surface area contributed by atoms with Gasteiger partial charge in [-0.2, -0.15) is 4.31 Å². The van der Waals surface area contributed by atoms with Gasteiger partial charge in [0.15, 0.2) is 0 Å². The molecule has 0 spiro atoms. The van der Waals surface area contributed by atoms with E-state index in [0.717, 1.165) is 0 Å². The van der Waals surface area contributed by atoms with Crippen LogP contribution >= 0.6 is 0 Å². The van der Waals surface area contributed by atoms with Gasteiger partial charge < -0.3 is 9.84 Å². The van der Waals surface area contributed by atoms with Crippen molar-refractivity contribution < 1.29 is 27.4 Å². The second-order valence-corrected chi connectivity index (χ2v) is 6.82. The summed E-state index contributed by atoms with van der Waals surface area (Å²) in [6.45, 7) is 0.515. The van der Waals surface area contributed by atoms with Crippen LogP contribution in [0.15, 0.2) is 24.3 Å². The second kappa shape index (κ2) is 6.50. The molecule has 6 nitrogen and oxygen atoms in total. The number of hydrogen-bond acceptors (Lipinski definition) is 4. The fraction of sp³-hybridized carbons (Fsp3) is 0.462. The molecule has 1 aliphatic heterocycles. The number of ether oxygens (including phenoxy) is 1. The molecular weight excluding hydrogens is 301 g/mol. The van der Waals surface area contributed by atoms with Crippen molar-refractivity contribution in [3.05, 3.63) is 35.6 Å². The lowest BCUT2D eigenvalue weighted by Crippen LogP contribution is -2.43. The van der Waals surface area contributed by atoms with Gasteiger partial charge in [0.1, 0.15) is 5.82 Å². The molecule has 1 N–H and O–H groups in total. The maximum Gasteiger partial charge on any atom is 0.304 e. The van der Waals surface area contributed by atoms with E-state index in [4.69, 9.17) is 9.84 Å². The van der Waals surface area contributed by atoms with Crippen molar-refractivity contribution in [2.75, 3.05) is 25.4 Å². The molecule has 0 radical (unpaired) electrons. The molecular formula is C13H16FNO5S. The standard InChI is InChI=1S/C13H16FNO5S/c14-11-3-1-10(2-4-11)12-9-15(6-7-20-12)21(18,19)8-5-13(16)17/h1-4,12H,5-9H2,(H,16,17). The molecule has 1 aromatic rings. The van der Waals surface area contributed by atoms with Crippen LogP contribution in [0.25, 0.3) is 0 Å². The maximum atomic E-state index is 12.9. The molecule has 21 heavy (non-hydrogen) atoms. The molecule has 1 aliphatic rings. The van der Waals surface area contributed by atoms with Crippen LogP contribution in [0.1, 0.15) is 18.1 Å². The Morgan fingerprint density at radius 1 is 1.38 bits per heavy atom. The Morgan fingerprint density at radius 2 is 2.05 bits per heavy atom. The van der Waals surface area contributed by atoms with E-state index in [1.54, 1.807) is 12.1 Å². The number of carboxylic acid groups (broad SMARTS) is 1. The summed E-state index contributed by atoms with van der Waals surface area (Å²) in [7, 11) is -3.63. The van der Waals surface area contributed by atoms with E-state index in [0.29, 0.717) is 5.56 Å². The molecule has 1 saturated heterocycles. The van der Waals surface area contributed by atoms with E-state index >= 15 is 0 Å². The van der Waals surface area contributed by atoms with Crippen molar-refractivity contribution in [1.29, 1.82) is 0 Å². The van der Waals surface area contributed by atoms with Crippen LogP contribution in [0.3, 0.4) is 0 Å². The van der Waals surface area contributed by atoms with Crippen molar-refractivity contribution in [3.63, 3.8) is 0 Å². The fourth-order valence-electron chi connectivity index (χ4n) is 2.10. The quantitative estimate of drug-likeness (QED) is 0.876. The van der Waals surface area contributed by atoms with E-state index in [1.165, 1.54) is 16.4 Å². The van der Waals surface area contributed by atoms with Gasteiger partial charge in [-0.1, -0.05) is 12.1 Å². The van der Waals surface area contributed by atoms with Crippen LogP contribution in [0, 0.1) is 5.82 Å². The summed E-state index contributed by atoms with van der Waals surface area (Å²) in [4.78, 5) is 10.5. The summed E-state index contributed by atoms with van der Waals surface area (Å²) < 4.78 is 43.8. The third-order valence-corrected chi connectivity index (χ3v) is 5.08. The zero-order valence-corrected chi connectivity index (χ0v) is 12.1. The normalized spacial score (nSPS) is 20.3. The number of halogens is 1. The predicted molar refractivity (Wildman–Crippen MR) is 72.7 cm³/mol. The summed E-state index contributed by atoms with van der Waals surface area (Å²) in [6, 6.07) is 5.67. The summed E-state index contributed by atoms with van der Waals surface area (Å²) >= 11 is 0. The highest BCUT2D eigenvalue weighted by atomic mass is 32.2. The Hall–Kier alpha value is -1.51. The van der Waals surface area contributed by atoms with Gasteiger partial charge in [0.05, 0.1) is 24.9 Å². The summed E-state index contributed by atoms with van der Waals surface area (Å²) in [6.07, 6.45) is -0.903. The summed E-state index contributed by atoms with van der Waals surface area (Å²) in [5.74, 6) is -1.96. The Bertz CT molecular complexity index is 601. The van der Waals surface area contributed by atoms with Gasteiger partial charge >= 0.3 is 5.97 Å². The third kappa shape index (κ3) is 4.23. The fourth-order valence-corrected chi connectivity index (χ4v) is 3.51. The highest BCUT2D eigenvalue weighted by Crippen LogP contribution is 2.24. The first kappa shape index (κ1) is 15.9. The maximum absolute atomic E-state index is 12.9. The number of carboxylic acids is 1.